The lowest BCUT2D eigenvalue weighted by atomic mass is 9.77. The lowest BCUT2D eigenvalue weighted by Crippen LogP contribution is -2.48. The molecule has 2 bridgehead atoms. The number of hydrogen-bond donors (Lipinski definition) is 1. The first kappa shape index (κ1) is 17.0. The van der Waals surface area contributed by atoms with Gasteiger partial charge < -0.3 is 10.2 Å². The molecular weight excluding hydrogens is 324 g/mol. The van der Waals surface area contributed by atoms with Gasteiger partial charge in [0.2, 0.25) is 5.91 Å². The van der Waals surface area contributed by atoms with Crippen LogP contribution in [-0.4, -0.2) is 36.7 Å². The number of carbonyl (C=O) groups is 2. The van der Waals surface area contributed by atoms with E-state index >= 15 is 0 Å². The molecule has 1 amide bonds. The SMILES string of the molecule is O=Cc1ccc(-c2ccc(NC(=O)CC3CN4CCC3CC4)cc2)cc1. The molecule has 0 aliphatic carbocycles. The minimum atomic E-state index is 0.117. The summed E-state index contributed by atoms with van der Waals surface area (Å²) in [7, 11) is 0. The van der Waals surface area contributed by atoms with E-state index in [1.54, 1.807) is 0 Å². The molecule has 134 valence electrons. The first-order chi connectivity index (χ1) is 12.7. The number of nitrogens with one attached hydrogen (secondary N) is 1. The molecule has 1 unspecified atom stereocenters. The van der Waals surface area contributed by atoms with Gasteiger partial charge in [0.1, 0.15) is 6.29 Å². The van der Waals surface area contributed by atoms with Crippen molar-refractivity contribution < 1.29 is 9.59 Å². The summed E-state index contributed by atoms with van der Waals surface area (Å²) in [6.45, 7) is 3.49. The third-order valence-corrected chi connectivity index (χ3v) is 5.79. The van der Waals surface area contributed by atoms with Gasteiger partial charge in [-0.15, -0.1) is 0 Å². The van der Waals surface area contributed by atoms with Crippen molar-refractivity contribution in [3.63, 3.8) is 0 Å². The van der Waals surface area contributed by atoms with Gasteiger partial charge >= 0.3 is 0 Å². The van der Waals surface area contributed by atoms with Crippen LogP contribution in [0.3, 0.4) is 0 Å². The fourth-order valence-electron chi connectivity index (χ4n) is 4.27. The van der Waals surface area contributed by atoms with Crippen molar-refractivity contribution in [2.45, 2.75) is 19.3 Å². The number of fused-ring (bicyclic) bond motifs is 3. The van der Waals surface area contributed by atoms with Gasteiger partial charge in [0.25, 0.3) is 0 Å². The number of amides is 1. The molecule has 26 heavy (non-hydrogen) atoms. The molecule has 3 aliphatic rings. The van der Waals surface area contributed by atoms with Gasteiger partial charge in [0.05, 0.1) is 0 Å². The van der Waals surface area contributed by atoms with Crippen LogP contribution in [-0.2, 0) is 4.79 Å². The molecule has 1 atom stereocenters. The fraction of sp³-hybridized carbons (Fsp3) is 0.364. The summed E-state index contributed by atoms with van der Waals surface area (Å²) in [6, 6.07) is 15.4. The van der Waals surface area contributed by atoms with Crippen LogP contribution in [0, 0.1) is 11.8 Å². The molecule has 0 radical (unpaired) electrons. The first-order valence-electron chi connectivity index (χ1n) is 9.39. The maximum Gasteiger partial charge on any atom is 0.224 e. The number of nitrogens with zero attached hydrogens (tertiary/aromatic N) is 1. The smallest absolute Gasteiger partial charge is 0.224 e. The van der Waals surface area contributed by atoms with Crippen LogP contribution in [0.15, 0.2) is 48.5 Å². The molecule has 4 heteroatoms. The molecule has 2 aromatic carbocycles. The van der Waals surface area contributed by atoms with Gasteiger partial charge in [-0.2, -0.15) is 0 Å². The zero-order chi connectivity index (χ0) is 17.9. The van der Waals surface area contributed by atoms with Gasteiger partial charge in [-0.1, -0.05) is 36.4 Å². The molecule has 3 heterocycles. The number of hydrogen-bond acceptors (Lipinski definition) is 3. The summed E-state index contributed by atoms with van der Waals surface area (Å²) in [5, 5.41) is 3.04. The number of benzene rings is 2. The van der Waals surface area contributed by atoms with Crippen LogP contribution in [0.5, 0.6) is 0 Å². The van der Waals surface area contributed by atoms with E-state index in [2.05, 4.69) is 10.2 Å². The van der Waals surface area contributed by atoms with E-state index < -0.39 is 0 Å². The quantitative estimate of drug-likeness (QED) is 0.835. The van der Waals surface area contributed by atoms with E-state index in [0.717, 1.165) is 35.6 Å². The van der Waals surface area contributed by atoms with Gasteiger partial charge in [-0.3, -0.25) is 9.59 Å². The lowest BCUT2D eigenvalue weighted by Gasteiger charge is -2.44. The van der Waals surface area contributed by atoms with Gasteiger partial charge in [0.15, 0.2) is 0 Å². The number of anilines is 1. The number of piperidine rings is 3. The zero-order valence-corrected chi connectivity index (χ0v) is 14.9. The second kappa shape index (κ2) is 7.42. The van der Waals surface area contributed by atoms with Crippen LogP contribution < -0.4 is 5.32 Å². The maximum absolute atomic E-state index is 12.4. The second-order valence-corrected chi connectivity index (χ2v) is 7.47. The van der Waals surface area contributed by atoms with Gasteiger partial charge in [0, 0.05) is 24.2 Å². The summed E-state index contributed by atoms with van der Waals surface area (Å²) < 4.78 is 0. The van der Waals surface area contributed by atoms with Crippen molar-refractivity contribution in [2.75, 3.05) is 25.0 Å². The second-order valence-electron chi connectivity index (χ2n) is 7.47. The molecule has 3 aliphatic heterocycles. The Bertz CT molecular complexity index is 775. The Labute approximate surface area is 154 Å². The van der Waals surface area contributed by atoms with Crippen LogP contribution in [0.25, 0.3) is 11.1 Å². The Morgan fingerprint density at radius 1 is 1.00 bits per heavy atom. The Morgan fingerprint density at radius 2 is 1.62 bits per heavy atom. The molecular formula is C22H24N2O2. The average molecular weight is 348 g/mol. The zero-order valence-electron chi connectivity index (χ0n) is 14.9. The van der Waals surface area contributed by atoms with E-state index in [0.29, 0.717) is 17.9 Å². The summed E-state index contributed by atoms with van der Waals surface area (Å²) in [5.74, 6) is 1.35. The molecule has 0 spiro atoms. The van der Waals surface area contributed by atoms with E-state index in [-0.39, 0.29) is 5.91 Å². The molecule has 5 rings (SSSR count). The number of rotatable bonds is 5. The fourth-order valence-corrected chi connectivity index (χ4v) is 4.27. The number of aldehydes is 1. The standard InChI is InChI=1S/C22H24N2O2/c25-15-16-1-3-17(4-2-16)18-5-7-21(8-6-18)23-22(26)13-20-14-24-11-9-19(20)10-12-24/h1-8,15,19-20H,9-14H2,(H,23,26). The van der Waals surface area contributed by atoms with Crippen LogP contribution in [0.1, 0.15) is 29.6 Å². The Balaban J connectivity index is 1.36. The van der Waals surface area contributed by atoms with Crippen LogP contribution >= 0.6 is 0 Å². The Hall–Kier alpha value is -2.46. The van der Waals surface area contributed by atoms with Crippen molar-refractivity contribution in [1.29, 1.82) is 0 Å². The predicted molar refractivity (Wildman–Crippen MR) is 103 cm³/mol. The lowest BCUT2D eigenvalue weighted by molar-refractivity contribution is -0.118. The molecule has 4 nitrogen and oxygen atoms in total. The molecule has 1 N–H and O–H groups in total. The topological polar surface area (TPSA) is 49.4 Å². The van der Waals surface area contributed by atoms with Crippen molar-refractivity contribution in [1.82, 2.24) is 4.90 Å². The van der Waals surface area contributed by atoms with Crippen molar-refractivity contribution in [2.24, 2.45) is 11.8 Å². The summed E-state index contributed by atoms with van der Waals surface area (Å²) >= 11 is 0. The average Bonchev–Trinajstić information content (AvgIpc) is 2.69. The third-order valence-electron chi connectivity index (χ3n) is 5.79. The highest BCUT2D eigenvalue weighted by Crippen LogP contribution is 2.34. The van der Waals surface area contributed by atoms with Crippen molar-refractivity contribution in [3.05, 3.63) is 54.1 Å². The minimum absolute atomic E-state index is 0.117. The van der Waals surface area contributed by atoms with Gasteiger partial charge in [-0.25, -0.2) is 0 Å². The highest BCUT2D eigenvalue weighted by atomic mass is 16.1. The van der Waals surface area contributed by atoms with E-state index in [1.807, 2.05) is 48.5 Å². The first-order valence-corrected chi connectivity index (χ1v) is 9.39. The molecule has 3 fully saturated rings. The molecule has 0 aromatic heterocycles. The summed E-state index contributed by atoms with van der Waals surface area (Å²) in [6.07, 6.45) is 3.96. The predicted octanol–water partition coefficient (Wildman–Crippen LogP) is 3.84. The van der Waals surface area contributed by atoms with E-state index in [9.17, 15) is 9.59 Å². The highest BCUT2D eigenvalue weighted by Gasteiger charge is 2.34. The monoisotopic (exact) mass is 348 g/mol. The largest absolute Gasteiger partial charge is 0.326 e. The van der Waals surface area contributed by atoms with Crippen molar-refractivity contribution >= 4 is 17.9 Å². The van der Waals surface area contributed by atoms with Crippen LogP contribution in [0.4, 0.5) is 5.69 Å². The summed E-state index contributed by atoms with van der Waals surface area (Å²) in [4.78, 5) is 25.7. The molecule has 0 saturated carbocycles. The molecule has 3 saturated heterocycles. The Morgan fingerprint density at radius 3 is 2.15 bits per heavy atom. The summed E-state index contributed by atoms with van der Waals surface area (Å²) in [5.41, 5.74) is 3.63. The maximum atomic E-state index is 12.4. The highest BCUT2D eigenvalue weighted by molar-refractivity contribution is 5.91. The van der Waals surface area contributed by atoms with E-state index in [4.69, 9.17) is 0 Å². The minimum Gasteiger partial charge on any atom is -0.326 e. The Kier molecular flexibility index (Phi) is 4.85. The number of carbonyl (C=O) groups excluding carboxylic acids is 2. The van der Waals surface area contributed by atoms with E-state index in [1.165, 1.54) is 25.9 Å². The van der Waals surface area contributed by atoms with Crippen molar-refractivity contribution in [3.8, 4) is 11.1 Å². The molecule has 2 aromatic rings. The normalized spacial score (nSPS) is 24.2. The van der Waals surface area contributed by atoms with Crippen LogP contribution in [0.2, 0.25) is 0 Å². The van der Waals surface area contributed by atoms with Gasteiger partial charge in [-0.05, 0) is 61.0 Å². The third kappa shape index (κ3) is 3.70.